The van der Waals surface area contributed by atoms with E-state index in [4.69, 9.17) is 14.2 Å². The second kappa shape index (κ2) is 11.4. The Bertz CT molecular complexity index is 696. The monoisotopic (exact) mass is 417 g/mol. The SMILES string of the molecule is CCO[C@@H]1OC(C(=O)NC2CCCCC2)=C[C@H](c2ccc(OC)cc2)[C@H]1CCCO. The minimum Gasteiger partial charge on any atom is -0.497 e. The van der Waals surface area contributed by atoms with Crippen LogP contribution in [-0.4, -0.2) is 43.7 Å². The Morgan fingerprint density at radius 3 is 2.57 bits per heavy atom. The molecule has 1 aliphatic carbocycles. The molecular formula is C24H35NO5. The summed E-state index contributed by atoms with van der Waals surface area (Å²) < 4.78 is 17.3. The average Bonchev–Trinajstić information content (AvgIpc) is 2.78. The maximum absolute atomic E-state index is 13.0. The van der Waals surface area contributed by atoms with Crippen LogP contribution in [0.2, 0.25) is 0 Å². The summed E-state index contributed by atoms with van der Waals surface area (Å²) in [7, 11) is 1.65. The largest absolute Gasteiger partial charge is 0.497 e. The van der Waals surface area contributed by atoms with Gasteiger partial charge in [0.25, 0.3) is 5.91 Å². The number of methoxy groups -OCH3 is 1. The minimum atomic E-state index is -0.522. The lowest BCUT2D eigenvalue weighted by Crippen LogP contribution is -2.42. The van der Waals surface area contributed by atoms with Crippen LogP contribution in [0.5, 0.6) is 5.75 Å². The fourth-order valence-electron chi connectivity index (χ4n) is 4.47. The van der Waals surface area contributed by atoms with E-state index in [1.165, 1.54) is 6.42 Å². The van der Waals surface area contributed by atoms with Crippen LogP contribution in [0.15, 0.2) is 36.1 Å². The molecule has 1 fully saturated rings. The van der Waals surface area contributed by atoms with E-state index in [-0.39, 0.29) is 30.4 Å². The van der Waals surface area contributed by atoms with Gasteiger partial charge in [0.2, 0.25) is 6.29 Å². The summed E-state index contributed by atoms with van der Waals surface area (Å²) in [6, 6.07) is 8.12. The third-order valence-electron chi connectivity index (χ3n) is 6.08. The molecule has 2 aliphatic rings. The van der Waals surface area contributed by atoms with Gasteiger partial charge in [0.1, 0.15) is 5.75 Å². The third-order valence-corrected chi connectivity index (χ3v) is 6.08. The number of hydrogen-bond donors (Lipinski definition) is 2. The van der Waals surface area contributed by atoms with Crippen LogP contribution < -0.4 is 10.1 Å². The molecule has 1 saturated carbocycles. The highest BCUT2D eigenvalue weighted by Gasteiger charge is 2.38. The molecule has 1 aromatic carbocycles. The molecule has 30 heavy (non-hydrogen) atoms. The number of hydrogen-bond acceptors (Lipinski definition) is 5. The van der Waals surface area contributed by atoms with Crippen molar-refractivity contribution < 1.29 is 24.1 Å². The number of aliphatic hydroxyl groups excluding tert-OH is 1. The number of ether oxygens (including phenoxy) is 3. The highest BCUT2D eigenvalue weighted by Crippen LogP contribution is 2.39. The molecular weight excluding hydrogens is 382 g/mol. The van der Waals surface area contributed by atoms with Gasteiger partial charge in [0.15, 0.2) is 5.76 Å². The third kappa shape index (κ3) is 5.76. The first-order valence-electron chi connectivity index (χ1n) is 11.2. The molecule has 6 nitrogen and oxygen atoms in total. The lowest BCUT2D eigenvalue weighted by molar-refractivity contribution is -0.166. The topological polar surface area (TPSA) is 77.0 Å². The van der Waals surface area contributed by atoms with Crippen molar-refractivity contribution in [2.75, 3.05) is 20.3 Å². The van der Waals surface area contributed by atoms with Crippen LogP contribution in [0.4, 0.5) is 0 Å². The minimum absolute atomic E-state index is 0.0109. The number of benzene rings is 1. The Hall–Kier alpha value is -2.05. The quantitative estimate of drug-likeness (QED) is 0.637. The van der Waals surface area contributed by atoms with Gasteiger partial charge in [-0.25, -0.2) is 0 Å². The zero-order chi connectivity index (χ0) is 21.3. The molecule has 3 rings (SSSR count). The van der Waals surface area contributed by atoms with Crippen LogP contribution in [0, 0.1) is 5.92 Å². The van der Waals surface area contributed by atoms with E-state index in [9.17, 15) is 9.90 Å². The Kier molecular flexibility index (Phi) is 8.58. The van der Waals surface area contributed by atoms with Crippen LogP contribution >= 0.6 is 0 Å². The van der Waals surface area contributed by atoms with E-state index in [1.807, 2.05) is 37.3 Å². The second-order valence-corrected chi connectivity index (χ2v) is 8.11. The number of carbonyl (C=O) groups is 1. The molecule has 0 bridgehead atoms. The van der Waals surface area contributed by atoms with Crippen LogP contribution in [-0.2, 0) is 14.3 Å². The van der Waals surface area contributed by atoms with Gasteiger partial charge in [0, 0.05) is 31.1 Å². The molecule has 0 radical (unpaired) electrons. The summed E-state index contributed by atoms with van der Waals surface area (Å²) >= 11 is 0. The standard InChI is InChI=1S/C24H35NO5/c1-3-29-24-20(10-7-15-26)21(17-11-13-19(28-2)14-12-17)16-22(30-24)23(27)25-18-8-5-4-6-9-18/h11-14,16,18,20-21,24,26H,3-10,15H2,1-2H3,(H,25,27)/t20-,21-,24-/m1/s1. The van der Waals surface area contributed by atoms with Gasteiger partial charge in [-0.3, -0.25) is 4.79 Å². The lowest BCUT2D eigenvalue weighted by atomic mass is 9.80. The molecule has 0 unspecified atom stereocenters. The normalized spacial score (nSPS) is 24.6. The van der Waals surface area contributed by atoms with Crippen LogP contribution in [0.3, 0.4) is 0 Å². The first-order chi connectivity index (χ1) is 14.7. The smallest absolute Gasteiger partial charge is 0.286 e. The fraction of sp³-hybridized carbons (Fsp3) is 0.625. The van der Waals surface area contributed by atoms with E-state index in [0.717, 1.165) is 43.4 Å². The molecule has 1 amide bonds. The van der Waals surface area contributed by atoms with E-state index >= 15 is 0 Å². The predicted molar refractivity (Wildman–Crippen MR) is 115 cm³/mol. The van der Waals surface area contributed by atoms with Crippen molar-refractivity contribution in [1.29, 1.82) is 0 Å². The van der Waals surface area contributed by atoms with Crippen molar-refractivity contribution in [1.82, 2.24) is 5.32 Å². The summed E-state index contributed by atoms with van der Waals surface area (Å²) in [4.78, 5) is 13.0. The first-order valence-corrected chi connectivity index (χ1v) is 11.2. The lowest BCUT2D eigenvalue weighted by Gasteiger charge is -2.37. The van der Waals surface area contributed by atoms with Crippen molar-refractivity contribution >= 4 is 5.91 Å². The Balaban J connectivity index is 1.86. The summed E-state index contributed by atoms with van der Waals surface area (Å²) in [6.07, 6.45) is 8.40. The van der Waals surface area contributed by atoms with Gasteiger partial charge >= 0.3 is 0 Å². The molecule has 3 atom stereocenters. The maximum atomic E-state index is 13.0. The molecule has 1 aromatic rings. The number of nitrogens with one attached hydrogen (secondary N) is 1. The highest BCUT2D eigenvalue weighted by atomic mass is 16.7. The Labute approximate surface area is 179 Å². The van der Waals surface area contributed by atoms with Crippen molar-refractivity contribution in [3.63, 3.8) is 0 Å². The van der Waals surface area contributed by atoms with Crippen molar-refractivity contribution in [3.05, 3.63) is 41.7 Å². The zero-order valence-corrected chi connectivity index (χ0v) is 18.1. The van der Waals surface area contributed by atoms with Crippen molar-refractivity contribution in [2.45, 2.75) is 70.1 Å². The Morgan fingerprint density at radius 2 is 1.93 bits per heavy atom. The molecule has 1 aliphatic heterocycles. The number of carbonyl (C=O) groups excluding carboxylic acids is 1. The summed E-state index contributed by atoms with van der Waals surface area (Å²) in [6.45, 7) is 2.53. The molecule has 0 aromatic heterocycles. The molecule has 6 heteroatoms. The van der Waals surface area contributed by atoms with Gasteiger partial charge in [-0.1, -0.05) is 31.4 Å². The van der Waals surface area contributed by atoms with Gasteiger partial charge in [0.05, 0.1) is 7.11 Å². The summed E-state index contributed by atoms with van der Waals surface area (Å²) in [5, 5.41) is 12.5. The van der Waals surface area contributed by atoms with Gasteiger partial charge in [-0.05, 0) is 56.4 Å². The van der Waals surface area contributed by atoms with E-state index in [2.05, 4.69) is 5.32 Å². The number of aliphatic hydroxyl groups is 1. The van der Waals surface area contributed by atoms with Crippen molar-refractivity contribution in [3.8, 4) is 5.75 Å². The van der Waals surface area contributed by atoms with Gasteiger partial charge in [-0.2, -0.15) is 0 Å². The first kappa shape index (κ1) is 22.6. The van der Waals surface area contributed by atoms with E-state index in [0.29, 0.717) is 18.8 Å². The Morgan fingerprint density at radius 1 is 1.20 bits per heavy atom. The van der Waals surface area contributed by atoms with Crippen molar-refractivity contribution in [2.24, 2.45) is 5.92 Å². The van der Waals surface area contributed by atoms with E-state index < -0.39 is 6.29 Å². The van der Waals surface area contributed by atoms with Gasteiger partial charge in [-0.15, -0.1) is 0 Å². The molecule has 0 saturated heterocycles. The van der Waals surface area contributed by atoms with E-state index in [1.54, 1.807) is 7.11 Å². The maximum Gasteiger partial charge on any atom is 0.286 e. The number of allylic oxidation sites excluding steroid dienone is 1. The summed E-state index contributed by atoms with van der Waals surface area (Å²) in [5.74, 6) is 0.931. The predicted octanol–water partition coefficient (Wildman–Crippen LogP) is 3.89. The molecule has 1 heterocycles. The molecule has 166 valence electrons. The summed E-state index contributed by atoms with van der Waals surface area (Å²) in [5.41, 5.74) is 1.08. The second-order valence-electron chi connectivity index (χ2n) is 8.11. The number of amides is 1. The van der Waals surface area contributed by atoms with Crippen LogP contribution in [0.25, 0.3) is 0 Å². The highest BCUT2D eigenvalue weighted by molar-refractivity contribution is 5.92. The molecule has 2 N–H and O–H groups in total. The average molecular weight is 418 g/mol. The fourth-order valence-corrected chi connectivity index (χ4v) is 4.47. The zero-order valence-electron chi connectivity index (χ0n) is 18.1. The van der Waals surface area contributed by atoms with Gasteiger partial charge < -0.3 is 24.6 Å². The number of rotatable bonds is 9. The van der Waals surface area contributed by atoms with Crippen LogP contribution in [0.1, 0.15) is 63.4 Å². The molecule has 0 spiro atoms.